The summed E-state index contributed by atoms with van der Waals surface area (Å²) in [5.74, 6) is -2.55. The standard InChI is InChI=1S/2C15H28N2O4.Ca/c2*1-4-5-6-7-8-9-14(19)16-11-17(10-12(2)18)13(3)15(20)21;/h2*4-5,12-13,18H,6-11H2,1-3H3,(H,16,19)(H,20,21);/q;;+2/p-2/b2*5-4+;. The van der Waals surface area contributed by atoms with Gasteiger partial charge in [-0.2, -0.15) is 0 Å². The smallest absolute Gasteiger partial charge is 0.862 e. The number of hydrogen-bond donors (Lipinski definition) is 4. The number of carbonyl (C=O) groups excluding carboxylic acids is 2. The van der Waals surface area contributed by atoms with Gasteiger partial charge in [-0.25, -0.2) is 0 Å². The number of allylic oxidation sites excluding steroid dienone is 4. The summed E-state index contributed by atoms with van der Waals surface area (Å²) in [4.78, 5) is 40.4. The average Bonchev–Trinajstić information content (AvgIpc) is 2.92. The van der Waals surface area contributed by atoms with E-state index in [1.165, 1.54) is 23.6 Å². The van der Waals surface area contributed by atoms with Crippen LogP contribution in [0.4, 0.5) is 0 Å². The fraction of sp³-hybridized carbons (Fsp3) is 0.733. The monoisotopic (exact) mass is 638 g/mol. The Labute approximate surface area is 287 Å². The van der Waals surface area contributed by atoms with E-state index in [1.54, 1.807) is 13.8 Å². The second kappa shape index (κ2) is 29.2. The molecule has 0 aliphatic carbocycles. The van der Waals surface area contributed by atoms with E-state index < -0.39 is 36.2 Å². The van der Waals surface area contributed by atoms with Crippen LogP contribution < -0.4 is 15.5 Å². The van der Waals surface area contributed by atoms with E-state index in [0.29, 0.717) is 12.8 Å². The summed E-state index contributed by atoms with van der Waals surface area (Å²) in [5.41, 5.74) is 0. The molecule has 43 heavy (non-hydrogen) atoms. The number of aliphatic carboxylic acids is 2. The molecular weight excluding hydrogens is 584 g/mol. The molecule has 0 spiro atoms. The van der Waals surface area contributed by atoms with Gasteiger partial charge in [0.05, 0.1) is 31.5 Å². The SMILES string of the molecule is C/C=C/CCCCC(=O)NCN(CC(C)O)C(C)C(=O)O.C/C=C/CCCCC([O-])=NCN(CC(C)O)C(C)C(=O)[O-].[Ca+2]. The van der Waals surface area contributed by atoms with Gasteiger partial charge in [0.1, 0.15) is 6.04 Å². The molecule has 12 nitrogen and oxygen atoms in total. The van der Waals surface area contributed by atoms with Gasteiger partial charge in [-0.15, -0.1) is 0 Å². The van der Waals surface area contributed by atoms with Gasteiger partial charge in [0.25, 0.3) is 0 Å². The summed E-state index contributed by atoms with van der Waals surface area (Å²) in [5, 5.41) is 53.0. The molecule has 0 aromatic carbocycles. The molecule has 0 heterocycles. The molecule has 0 aliphatic heterocycles. The van der Waals surface area contributed by atoms with Crippen LogP contribution in [0, 0.1) is 0 Å². The number of amides is 1. The Bertz CT molecular complexity index is 837. The number of carboxylic acids is 2. The molecule has 0 fully saturated rings. The molecular formula is C30H54CaN4O8. The summed E-state index contributed by atoms with van der Waals surface area (Å²) >= 11 is 0. The van der Waals surface area contributed by atoms with Gasteiger partial charge in [-0.1, -0.05) is 24.3 Å². The van der Waals surface area contributed by atoms with E-state index in [-0.39, 0.29) is 76.0 Å². The third kappa shape index (κ3) is 27.7. The molecule has 0 aromatic rings. The maximum atomic E-state index is 11.7. The van der Waals surface area contributed by atoms with E-state index in [0.717, 1.165) is 38.5 Å². The van der Waals surface area contributed by atoms with Gasteiger partial charge >= 0.3 is 43.7 Å². The topological polar surface area (TPSA) is 189 Å². The zero-order chi connectivity index (χ0) is 32.5. The van der Waals surface area contributed by atoms with Crippen LogP contribution in [0.3, 0.4) is 0 Å². The van der Waals surface area contributed by atoms with Crippen LogP contribution in [0.25, 0.3) is 0 Å². The van der Waals surface area contributed by atoms with Crippen LogP contribution in [0.15, 0.2) is 29.3 Å². The summed E-state index contributed by atoms with van der Waals surface area (Å²) in [7, 11) is 0. The molecule has 0 saturated heterocycles. The van der Waals surface area contributed by atoms with Crippen molar-refractivity contribution in [2.45, 2.75) is 117 Å². The minimum absolute atomic E-state index is 0. The van der Waals surface area contributed by atoms with Crippen molar-refractivity contribution in [1.82, 2.24) is 15.1 Å². The number of aliphatic hydroxyl groups is 2. The average molecular weight is 639 g/mol. The number of nitrogens with zero attached hydrogens (tertiary/aromatic N) is 3. The molecule has 4 unspecified atom stereocenters. The first-order valence-corrected chi connectivity index (χ1v) is 14.7. The van der Waals surface area contributed by atoms with E-state index in [1.807, 2.05) is 32.1 Å². The van der Waals surface area contributed by atoms with Crippen molar-refractivity contribution in [3.8, 4) is 0 Å². The predicted octanol–water partition coefficient (Wildman–Crippen LogP) is 0.632. The molecule has 4 atom stereocenters. The molecule has 0 bridgehead atoms. The van der Waals surface area contributed by atoms with Gasteiger partial charge in [-0.05, 0) is 92.4 Å². The first-order valence-electron chi connectivity index (χ1n) is 14.7. The summed E-state index contributed by atoms with van der Waals surface area (Å²) in [6.45, 7) is 10.5. The first-order chi connectivity index (χ1) is 19.8. The zero-order valence-corrected chi connectivity index (χ0v) is 29.2. The maximum Gasteiger partial charge on any atom is 2.00 e. The Morgan fingerprint density at radius 2 is 1.30 bits per heavy atom. The maximum absolute atomic E-state index is 11.7. The molecule has 0 rings (SSSR count). The van der Waals surface area contributed by atoms with Gasteiger partial charge in [0, 0.05) is 25.6 Å². The van der Waals surface area contributed by atoms with E-state index in [2.05, 4.69) is 16.4 Å². The second-order valence-electron chi connectivity index (χ2n) is 10.3. The number of carboxylic acid groups (broad SMARTS) is 2. The minimum Gasteiger partial charge on any atom is -0.862 e. The molecule has 0 aliphatic rings. The summed E-state index contributed by atoms with van der Waals surface area (Å²) in [6.07, 6.45) is 12.9. The number of unbranched alkanes of at least 4 members (excludes halogenated alkanes) is 4. The van der Waals surface area contributed by atoms with Crippen molar-refractivity contribution in [1.29, 1.82) is 0 Å². The zero-order valence-electron chi connectivity index (χ0n) is 27.0. The number of aliphatic imine (C=N–C) groups is 1. The van der Waals surface area contributed by atoms with E-state index >= 15 is 0 Å². The van der Waals surface area contributed by atoms with Crippen molar-refractivity contribution >= 4 is 61.5 Å². The van der Waals surface area contributed by atoms with Gasteiger partial charge in [-0.3, -0.25) is 24.4 Å². The number of aliphatic hydroxyl groups excluding tert-OH is 2. The largest absolute Gasteiger partial charge is 2.00 e. The Morgan fingerprint density at radius 3 is 1.74 bits per heavy atom. The third-order valence-corrected chi connectivity index (χ3v) is 6.21. The number of nitrogens with one attached hydrogen (secondary N) is 1. The quantitative estimate of drug-likeness (QED) is 0.0327. The van der Waals surface area contributed by atoms with Crippen molar-refractivity contribution in [2.75, 3.05) is 26.4 Å². The van der Waals surface area contributed by atoms with Crippen LogP contribution in [0.2, 0.25) is 0 Å². The molecule has 0 radical (unpaired) electrons. The molecule has 244 valence electrons. The fourth-order valence-corrected chi connectivity index (χ4v) is 3.63. The number of rotatable bonds is 22. The molecule has 0 aromatic heterocycles. The Hall–Kier alpha value is -1.54. The Morgan fingerprint density at radius 1 is 0.814 bits per heavy atom. The Balaban J connectivity index is -0.000000727. The Kier molecular flexibility index (Phi) is 31.1. The fourth-order valence-electron chi connectivity index (χ4n) is 3.63. The van der Waals surface area contributed by atoms with Gasteiger partial charge in [0.15, 0.2) is 0 Å². The van der Waals surface area contributed by atoms with Gasteiger partial charge in [0.2, 0.25) is 5.91 Å². The normalized spacial score (nSPS) is 14.6. The minimum atomic E-state index is -1.25. The van der Waals surface area contributed by atoms with Crippen LogP contribution in [-0.4, -0.2) is 137 Å². The number of carbonyl (C=O) groups is 3. The van der Waals surface area contributed by atoms with E-state index in [9.17, 15) is 34.8 Å². The summed E-state index contributed by atoms with van der Waals surface area (Å²) in [6, 6.07) is -1.65. The van der Waals surface area contributed by atoms with Crippen LogP contribution in [0.1, 0.15) is 92.9 Å². The first kappa shape index (κ1) is 45.9. The predicted molar refractivity (Wildman–Crippen MR) is 166 cm³/mol. The molecule has 4 N–H and O–H groups in total. The molecule has 1 amide bonds. The third-order valence-electron chi connectivity index (χ3n) is 6.21. The number of hydrogen-bond acceptors (Lipinski definition) is 10. The van der Waals surface area contributed by atoms with Crippen molar-refractivity contribution in [3.63, 3.8) is 0 Å². The van der Waals surface area contributed by atoms with Crippen LogP contribution in [-0.2, 0) is 14.4 Å². The van der Waals surface area contributed by atoms with Crippen molar-refractivity contribution in [2.24, 2.45) is 4.99 Å². The van der Waals surface area contributed by atoms with Crippen LogP contribution >= 0.6 is 0 Å². The van der Waals surface area contributed by atoms with Crippen molar-refractivity contribution < 1.29 is 39.9 Å². The van der Waals surface area contributed by atoms with E-state index in [4.69, 9.17) is 5.11 Å². The molecule has 13 heteroatoms. The van der Waals surface area contributed by atoms with Gasteiger partial charge < -0.3 is 35.6 Å². The second-order valence-corrected chi connectivity index (χ2v) is 10.3. The summed E-state index contributed by atoms with van der Waals surface area (Å²) < 4.78 is 0. The van der Waals surface area contributed by atoms with Crippen LogP contribution in [0.5, 0.6) is 0 Å². The molecule has 0 saturated carbocycles. The van der Waals surface area contributed by atoms with Crippen molar-refractivity contribution in [3.05, 3.63) is 24.3 Å².